The molecule has 0 aliphatic heterocycles. The highest BCUT2D eigenvalue weighted by atomic mass is 32.1. The number of hydrogen-bond donors (Lipinski definition) is 2. The summed E-state index contributed by atoms with van der Waals surface area (Å²) >= 11 is 1.54. The van der Waals surface area contributed by atoms with Crippen molar-refractivity contribution in [3.8, 4) is 0 Å². The molecule has 0 bridgehead atoms. The highest BCUT2D eigenvalue weighted by Crippen LogP contribution is 2.25. The van der Waals surface area contributed by atoms with Crippen molar-refractivity contribution < 1.29 is 4.79 Å². The van der Waals surface area contributed by atoms with E-state index >= 15 is 0 Å². The van der Waals surface area contributed by atoms with Gasteiger partial charge in [0, 0.05) is 6.21 Å². The molecule has 1 aliphatic carbocycles. The summed E-state index contributed by atoms with van der Waals surface area (Å²) in [6, 6.07) is 7.53. The molecule has 23 heavy (non-hydrogen) atoms. The van der Waals surface area contributed by atoms with Crippen LogP contribution < -0.4 is 10.7 Å². The predicted molar refractivity (Wildman–Crippen MR) is 95.8 cm³/mol. The smallest absolute Gasteiger partial charge is 0.262 e. The SMILES string of the molecule is C[C@@H](Nc1nc2ccccc2s1)C(=O)N/N=C\[C@H]1CC=CCC1. The highest BCUT2D eigenvalue weighted by molar-refractivity contribution is 7.22. The fraction of sp³-hybridized carbons (Fsp3) is 0.353. The normalized spacial score (nSPS) is 19.1. The van der Waals surface area contributed by atoms with E-state index in [-0.39, 0.29) is 11.9 Å². The second-order valence-electron chi connectivity index (χ2n) is 5.65. The summed E-state index contributed by atoms with van der Waals surface area (Å²) in [5, 5.41) is 7.96. The topological polar surface area (TPSA) is 66.4 Å². The molecule has 1 aliphatic rings. The van der Waals surface area contributed by atoms with Crippen LogP contribution in [0.15, 0.2) is 41.5 Å². The Bertz CT molecular complexity index is 704. The molecule has 0 spiro atoms. The van der Waals surface area contributed by atoms with Crippen LogP contribution in [0.3, 0.4) is 0 Å². The Balaban J connectivity index is 1.52. The summed E-state index contributed by atoms with van der Waals surface area (Å²) in [5.74, 6) is 0.264. The number of aromatic nitrogens is 1. The summed E-state index contributed by atoms with van der Waals surface area (Å²) < 4.78 is 1.10. The first kappa shape index (κ1) is 15.7. The fourth-order valence-corrected chi connectivity index (χ4v) is 3.39. The monoisotopic (exact) mass is 328 g/mol. The molecule has 3 rings (SSSR count). The van der Waals surface area contributed by atoms with Gasteiger partial charge in [0.1, 0.15) is 6.04 Å². The van der Waals surface area contributed by atoms with E-state index in [0.29, 0.717) is 5.92 Å². The number of para-hydroxylation sites is 1. The lowest BCUT2D eigenvalue weighted by atomic mass is 9.96. The van der Waals surface area contributed by atoms with Crippen LogP contribution in [0.2, 0.25) is 0 Å². The largest absolute Gasteiger partial charge is 0.350 e. The van der Waals surface area contributed by atoms with E-state index in [9.17, 15) is 4.79 Å². The van der Waals surface area contributed by atoms with Gasteiger partial charge in [-0.25, -0.2) is 10.4 Å². The maximum atomic E-state index is 12.1. The van der Waals surface area contributed by atoms with Crippen molar-refractivity contribution >= 4 is 38.8 Å². The van der Waals surface area contributed by atoms with Gasteiger partial charge in [0.25, 0.3) is 5.91 Å². The minimum absolute atomic E-state index is 0.160. The standard InChI is InChI=1S/C17H20N4OS/c1-12(16(22)21-18-11-13-7-3-2-4-8-13)19-17-20-14-9-5-6-10-15(14)23-17/h2-3,5-6,9-13H,4,7-8H2,1H3,(H,19,20)(H,21,22)/b18-11-/t12-,13+/m1/s1. The quantitative estimate of drug-likeness (QED) is 0.501. The van der Waals surface area contributed by atoms with Gasteiger partial charge in [0.2, 0.25) is 0 Å². The lowest BCUT2D eigenvalue weighted by Crippen LogP contribution is -2.35. The van der Waals surface area contributed by atoms with E-state index in [1.165, 1.54) is 0 Å². The van der Waals surface area contributed by atoms with Crippen molar-refractivity contribution in [1.82, 2.24) is 10.4 Å². The average Bonchev–Trinajstić information content (AvgIpc) is 2.98. The van der Waals surface area contributed by atoms with Crippen molar-refractivity contribution in [1.29, 1.82) is 0 Å². The summed E-state index contributed by atoms with van der Waals surface area (Å²) in [6.07, 6.45) is 9.37. The van der Waals surface area contributed by atoms with Crippen LogP contribution >= 0.6 is 11.3 Å². The zero-order valence-corrected chi connectivity index (χ0v) is 13.8. The molecule has 0 unspecified atom stereocenters. The molecular weight excluding hydrogens is 308 g/mol. The number of benzene rings is 1. The Hall–Kier alpha value is -2.21. The Morgan fingerprint density at radius 3 is 3.09 bits per heavy atom. The number of carbonyl (C=O) groups is 1. The van der Waals surface area contributed by atoms with Crippen LogP contribution in [0.5, 0.6) is 0 Å². The lowest BCUT2D eigenvalue weighted by Gasteiger charge is -2.13. The molecule has 120 valence electrons. The molecule has 2 N–H and O–H groups in total. The molecule has 6 heteroatoms. The first-order valence-electron chi connectivity index (χ1n) is 7.82. The number of rotatable bonds is 5. The zero-order chi connectivity index (χ0) is 16.1. The van der Waals surface area contributed by atoms with Crippen molar-refractivity contribution in [2.45, 2.75) is 32.2 Å². The number of hydrogen-bond acceptors (Lipinski definition) is 5. The third-order valence-corrected chi connectivity index (χ3v) is 4.76. The Morgan fingerprint density at radius 1 is 1.43 bits per heavy atom. The van der Waals surface area contributed by atoms with Crippen molar-refractivity contribution in [3.05, 3.63) is 36.4 Å². The zero-order valence-electron chi connectivity index (χ0n) is 13.0. The number of nitrogens with zero attached hydrogens (tertiary/aromatic N) is 2. The molecule has 2 atom stereocenters. The molecule has 1 aromatic carbocycles. The van der Waals surface area contributed by atoms with Crippen LogP contribution in [-0.2, 0) is 4.79 Å². The van der Waals surface area contributed by atoms with E-state index in [0.717, 1.165) is 34.6 Å². The molecule has 1 aromatic heterocycles. The van der Waals surface area contributed by atoms with E-state index in [4.69, 9.17) is 0 Å². The van der Waals surface area contributed by atoms with Gasteiger partial charge in [-0.1, -0.05) is 35.6 Å². The second kappa shape index (κ2) is 7.37. The Morgan fingerprint density at radius 2 is 2.30 bits per heavy atom. The van der Waals surface area contributed by atoms with Crippen LogP contribution in [-0.4, -0.2) is 23.1 Å². The fourth-order valence-electron chi connectivity index (χ4n) is 2.44. The van der Waals surface area contributed by atoms with Gasteiger partial charge in [0.15, 0.2) is 5.13 Å². The molecule has 1 heterocycles. The maximum Gasteiger partial charge on any atom is 0.262 e. The van der Waals surface area contributed by atoms with Gasteiger partial charge in [-0.05, 0) is 44.2 Å². The number of allylic oxidation sites excluding steroid dienone is 2. The molecule has 0 fully saturated rings. The van der Waals surface area contributed by atoms with Gasteiger partial charge < -0.3 is 5.32 Å². The molecule has 2 aromatic rings. The summed E-state index contributed by atoms with van der Waals surface area (Å²) in [6.45, 7) is 1.81. The summed E-state index contributed by atoms with van der Waals surface area (Å²) in [5.41, 5.74) is 3.55. The number of amides is 1. The number of thiazole rings is 1. The summed E-state index contributed by atoms with van der Waals surface area (Å²) in [4.78, 5) is 16.5. The molecule has 1 amide bonds. The average molecular weight is 328 g/mol. The summed E-state index contributed by atoms with van der Waals surface area (Å²) in [7, 11) is 0. The van der Waals surface area contributed by atoms with E-state index in [1.807, 2.05) is 30.5 Å². The second-order valence-corrected chi connectivity index (χ2v) is 6.68. The van der Waals surface area contributed by atoms with Crippen LogP contribution in [0.25, 0.3) is 10.2 Å². The predicted octanol–water partition coefficient (Wildman–Crippen LogP) is 3.56. The third kappa shape index (κ3) is 4.16. The van der Waals surface area contributed by atoms with E-state index in [2.05, 4.69) is 33.0 Å². The third-order valence-electron chi connectivity index (χ3n) is 3.80. The molecule has 0 saturated carbocycles. The maximum absolute atomic E-state index is 12.1. The first-order valence-corrected chi connectivity index (χ1v) is 8.64. The molecule has 0 saturated heterocycles. The molecule has 0 radical (unpaired) electrons. The van der Waals surface area contributed by atoms with Crippen LogP contribution in [0, 0.1) is 5.92 Å². The van der Waals surface area contributed by atoms with Gasteiger partial charge in [0.05, 0.1) is 10.2 Å². The number of fused-ring (bicyclic) bond motifs is 1. The Kier molecular flexibility index (Phi) is 5.02. The van der Waals surface area contributed by atoms with E-state index in [1.54, 1.807) is 18.3 Å². The number of anilines is 1. The van der Waals surface area contributed by atoms with Gasteiger partial charge in [-0.2, -0.15) is 5.10 Å². The van der Waals surface area contributed by atoms with Gasteiger partial charge in [-0.15, -0.1) is 0 Å². The number of nitrogens with one attached hydrogen (secondary N) is 2. The Labute approximate surface area is 139 Å². The van der Waals surface area contributed by atoms with Crippen molar-refractivity contribution in [3.63, 3.8) is 0 Å². The number of carbonyl (C=O) groups excluding carboxylic acids is 1. The minimum atomic E-state index is -0.390. The van der Waals surface area contributed by atoms with Crippen LogP contribution in [0.4, 0.5) is 5.13 Å². The minimum Gasteiger partial charge on any atom is -0.350 e. The first-order chi connectivity index (χ1) is 11.2. The highest BCUT2D eigenvalue weighted by Gasteiger charge is 2.14. The number of hydrazone groups is 1. The lowest BCUT2D eigenvalue weighted by molar-refractivity contribution is -0.121. The van der Waals surface area contributed by atoms with E-state index < -0.39 is 0 Å². The van der Waals surface area contributed by atoms with Gasteiger partial charge >= 0.3 is 0 Å². The van der Waals surface area contributed by atoms with Crippen molar-refractivity contribution in [2.24, 2.45) is 11.0 Å². The van der Waals surface area contributed by atoms with Gasteiger partial charge in [-0.3, -0.25) is 4.79 Å². The van der Waals surface area contributed by atoms with Crippen molar-refractivity contribution in [2.75, 3.05) is 5.32 Å². The van der Waals surface area contributed by atoms with Crippen LogP contribution in [0.1, 0.15) is 26.2 Å². The molecule has 5 nitrogen and oxygen atoms in total. The molecular formula is C17H20N4OS.